The minimum absolute atomic E-state index is 0.0204. The molecule has 3 aliphatic rings. The van der Waals surface area contributed by atoms with Gasteiger partial charge in [-0.2, -0.15) is 0 Å². The highest BCUT2D eigenvalue weighted by Gasteiger charge is 2.40. The maximum Gasteiger partial charge on any atom is 0.226 e. The van der Waals surface area contributed by atoms with E-state index in [4.69, 9.17) is 4.74 Å². The Morgan fingerprint density at radius 1 is 1.09 bits per heavy atom. The summed E-state index contributed by atoms with van der Waals surface area (Å²) in [5.41, 5.74) is 2.45. The van der Waals surface area contributed by atoms with E-state index >= 15 is 0 Å². The Labute approximate surface area is 267 Å². The molecule has 2 amide bonds. The summed E-state index contributed by atoms with van der Waals surface area (Å²) in [6.07, 6.45) is 12.7. The minimum Gasteiger partial charge on any atom is -0.491 e. The number of benzene rings is 1. The van der Waals surface area contributed by atoms with E-state index in [1.165, 1.54) is 16.1 Å². The van der Waals surface area contributed by atoms with E-state index in [0.29, 0.717) is 45.6 Å². The molecule has 12 heteroatoms. The summed E-state index contributed by atoms with van der Waals surface area (Å²) < 4.78 is 31.3. The van der Waals surface area contributed by atoms with Crippen molar-refractivity contribution in [1.82, 2.24) is 29.8 Å². The molecule has 1 unspecified atom stereocenters. The third-order valence-corrected chi connectivity index (χ3v) is 10.9. The molecule has 4 heterocycles. The predicted molar refractivity (Wildman–Crippen MR) is 172 cm³/mol. The number of hydrogen-bond donors (Lipinski definition) is 2. The lowest BCUT2D eigenvalue weighted by Gasteiger charge is -2.41. The SMILES string of the molecule is CS(=O)(=O)N1CCCC(c2cnc(CCC(=O)NCCN3CCC4(CCCCc5ccccc5OCCNC4=O)CC3)cn2)C1. The van der Waals surface area contributed by atoms with Crippen molar-refractivity contribution in [1.29, 1.82) is 0 Å². The quantitative estimate of drug-likeness (QED) is 0.450. The Kier molecular flexibility index (Phi) is 11.4. The first kappa shape index (κ1) is 33.3. The van der Waals surface area contributed by atoms with Crippen molar-refractivity contribution in [3.8, 4) is 5.75 Å². The number of carbonyl (C=O) groups is 2. The van der Waals surface area contributed by atoms with Gasteiger partial charge in [-0.15, -0.1) is 0 Å². The normalized spacial score (nSPS) is 21.9. The molecular formula is C33H48N6O5S. The van der Waals surface area contributed by atoms with E-state index in [-0.39, 0.29) is 23.1 Å². The monoisotopic (exact) mass is 640 g/mol. The second-order valence-corrected chi connectivity index (χ2v) is 14.8. The molecule has 1 aromatic carbocycles. The lowest BCUT2D eigenvalue weighted by molar-refractivity contribution is -0.134. The first-order chi connectivity index (χ1) is 21.7. The highest BCUT2D eigenvalue weighted by Crippen LogP contribution is 2.37. The molecule has 0 aliphatic carbocycles. The molecule has 2 saturated heterocycles. The second kappa shape index (κ2) is 15.5. The van der Waals surface area contributed by atoms with Crippen LogP contribution in [0.15, 0.2) is 36.7 Å². The highest BCUT2D eigenvalue weighted by atomic mass is 32.2. The number of nitrogens with one attached hydrogen (secondary N) is 2. The number of amides is 2. The molecule has 2 aromatic rings. The van der Waals surface area contributed by atoms with Crippen molar-refractivity contribution in [2.75, 3.05) is 58.7 Å². The summed E-state index contributed by atoms with van der Waals surface area (Å²) in [4.78, 5) is 37.3. The molecule has 2 fully saturated rings. The van der Waals surface area contributed by atoms with Gasteiger partial charge in [-0.05, 0) is 76.1 Å². The minimum atomic E-state index is -3.21. The van der Waals surface area contributed by atoms with Crippen LogP contribution in [-0.4, -0.2) is 98.1 Å². The summed E-state index contributed by atoms with van der Waals surface area (Å²) >= 11 is 0. The zero-order valence-electron chi connectivity index (χ0n) is 26.5. The molecule has 2 N–H and O–H groups in total. The number of aromatic nitrogens is 2. The van der Waals surface area contributed by atoms with E-state index in [0.717, 1.165) is 88.1 Å². The van der Waals surface area contributed by atoms with Gasteiger partial charge in [0, 0.05) is 50.9 Å². The fourth-order valence-corrected chi connectivity index (χ4v) is 7.72. The molecule has 5 rings (SSSR count). The van der Waals surface area contributed by atoms with Crippen molar-refractivity contribution in [2.24, 2.45) is 5.41 Å². The van der Waals surface area contributed by atoms with Crippen LogP contribution in [0.5, 0.6) is 5.75 Å². The van der Waals surface area contributed by atoms with Crippen molar-refractivity contribution in [3.63, 3.8) is 0 Å². The van der Waals surface area contributed by atoms with Gasteiger partial charge < -0.3 is 20.3 Å². The highest BCUT2D eigenvalue weighted by molar-refractivity contribution is 7.88. The van der Waals surface area contributed by atoms with Gasteiger partial charge in [0.1, 0.15) is 12.4 Å². The van der Waals surface area contributed by atoms with Crippen LogP contribution in [0.25, 0.3) is 0 Å². The molecule has 1 atom stereocenters. The van der Waals surface area contributed by atoms with Gasteiger partial charge in [-0.25, -0.2) is 12.7 Å². The Morgan fingerprint density at radius 2 is 1.91 bits per heavy atom. The molecule has 0 radical (unpaired) electrons. The van der Waals surface area contributed by atoms with E-state index in [9.17, 15) is 18.0 Å². The Hall–Kier alpha value is -3.09. The third kappa shape index (κ3) is 9.23. The summed E-state index contributed by atoms with van der Waals surface area (Å²) in [5, 5.41) is 6.18. The molecule has 1 spiro atoms. The Bertz CT molecular complexity index is 1390. The fourth-order valence-electron chi connectivity index (χ4n) is 6.81. The molecule has 45 heavy (non-hydrogen) atoms. The topological polar surface area (TPSA) is 134 Å². The fraction of sp³-hybridized carbons (Fsp3) is 0.636. The molecule has 0 bridgehead atoms. The van der Waals surface area contributed by atoms with E-state index in [1.807, 2.05) is 12.1 Å². The van der Waals surface area contributed by atoms with Gasteiger partial charge in [0.15, 0.2) is 0 Å². The first-order valence-corrected chi connectivity index (χ1v) is 18.3. The summed E-state index contributed by atoms with van der Waals surface area (Å²) in [6.45, 7) is 4.97. The molecule has 246 valence electrons. The van der Waals surface area contributed by atoms with E-state index in [1.54, 1.807) is 12.4 Å². The van der Waals surface area contributed by atoms with Gasteiger partial charge in [-0.1, -0.05) is 24.6 Å². The second-order valence-electron chi connectivity index (χ2n) is 12.8. The van der Waals surface area contributed by atoms with Gasteiger partial charge >= 0.3 is 0 Å². The number of ether oxygens (including phenoxy) is 1. The van der Waals surface area contributed by atoms with Crippen molar-refractivity contribution in [2.45, 2.75) is 70.1 Å². The number of hydrogen-bond acceptors (Lipinski definition) is 8. The summed E-state index contributed by atoms with van der Waals surface area (Å²) in [7, 11) is -3.21. The number of carbonyl (C=O) groups excluding carboxylic acids is 2. The first-order valence-electron chi connectivity index (χ1n) is 16.5. The molecule has 3 aliphatic heterocycles. The third-order valence-electron chi connectivity index (χ3n) is 9.62. The van der Waals surface area contributed by atoms with Gasteiger partial charge in [0.2, 0.25) is 21.8 Å². The molecule has 11 nitrogen and oxygen atoms in total. The Morgan fingerprint density at radius 3 is 2.69 bits per heavy atom. The number of piperidine rings is 2. The molecule has 0 saturated carbocycles. The van der Waals surface area contributed by atoms with E-state index < -0.39 is 10.0 Å². The standard InChI is InChI=1S/C33H48N6O5S/c1-45(42,43)39-18-6-9-27(25-39)29-24-36-28(23-37-29)11-12-31(40)34-16-21-38-19-14-33(15-20-38)13-5-4-8-26-7-2-3-10-30(26)44-22-17-35-32(33)41/h2-3,7,10,23-24,27H,4-6,8-9,11-22,25H2,1H3,(H,34,40)(H,35,41). The van der Waals surface area contributed by atoms with Crippen LogP contribution in [0.2, 0.25) is 0 Å². The van der Waals surface area contributed by atoms with Gasteiger partial charge in [0.05, 0.1) is 29.6 Å². The zero-order valence-corrected chi connectivity index (χ0v) is 27.3. The van der Waals surface area contributed by atoms with Crippen LogP contribution in [0, 0.1) is 5.41 Å². The van der Waals surface area contributed by atoms with Crippen molar-refractivity contribution >= 4 is 21.8 Å². The maximum absolute atomic E-state index is 13.3. The average Bonchev–Trinajstić information content (AvgIpc) is 3.04. The van der Waals surface area contributed by atoms with Crippen LogP contribution in [0.3, 0.4) is 0 Å². The number of fused-ring (bicyclic) bond motifs is 1. The van der Waals surface area contributed by atoms with Crippen molar-refractivity contribution < 1.29 is 22.7 Å². The van der Waals surface area contributed by atoms with Crippen LogP contribution in [0.4, 0.5) is 0 Å². The van der Waals surface area contributed by atoms with Crippen molar-refractivity contribution in [3.05, 3.63) is 53.6 Å². The van der Waals surface area contributed by atoms with Crippen LogP contribution in [-0.2, 0) is 32.5 Å². The number of likely N-dealkylation sites (tertiary alicyclic amines) is 1. The largest absolute Gasteiger partial charge is 0.491 e. The lowest BCUT2D eigenvalue weighted by atomic mass is 9.73. The van der Waals surface area contributed by atoms with Crippen LogP contribution < -0.4 is 15.4 Å². The maximum atomic E-state index is 13.3. The number of nitrogens with zero attached hydrogens (tertiary/aromatic N) is 4. The van der Waals surface area contributed by atoms with Crippen LogP contribution in [0.1, 0.15) is 74.2 Å². The average molecular weight is 641 g/mol. The zero-order chi connectivity index (χ0) is 31.7. The summed E-state index contributed by atoms with van der Waals surface area (Å²) in [5.74, 6) is 1.10. The molecular weight excluding hydrogens is 592 g/mol. The van der Waals surface area contributed by atoms with Gasteiger partial charge in [0.25, 0.3) is 0 Å². The number of para-hydroxylation sites is 1. The Balaban J connectivity index is 1.01. The number of sulfonamides is 1. The lowest BCUT2D eigenvalue weighted by Crippen LogP contribution is -2.50. The summed E-state index contributed by atoms with van der Waals surface area (Å²) in [6, 6.07) is 8.19. The van der Waals surface area contributed by atoms with E-state index in [2.05, 4.69) is 37.6 Å². The number of aryl methyl sites for hydroxylation is 2. The predicted octanol–water partition coefficient (Wildman–Crippen LogP) is 2.67. The molecule has 1 aromatic heterocycles. The van der Waals surface area contributed by atoms with Gasteiger partial charge in [-0.3, -0.25) is 19.6 Å². The van der Waals surface area contributed by atoms with Crippen LogP contribution >= 0.6 is 0 Å². The smallest absolute Gasteiger partial charge is 0.226 e. The number of rotatable bonds is 8.